The van der Waals surface area contributed by atoms with Crippen molar-refractivity contribution in [2.24, 2.45) is 23.7 Å². The molecule has 2 saturated carbocycles. The number of hydrogen-bond donors (Lipinski definition) is 2. The van der Waals surface area contributed by atoms with E-state index in [1.165, 1.54) is 6.42 Å². The summed E-state index contributed by atoms with van der Waals surface area (Å²) in [5.41, 5.74) is 0.377. The largest absolute Gasteiger partial charge is 0.359 e. The van der Waals surface area contributed by atoms with Gasteiger partial charge in [-0.25, -0.2) is 0 Å². The number of benzene rings is 1. The molecule has 2 N–H and O–H groups in total. The highest BCUT2D eigenvalue weighted by Crippen LogP contribution is 2.56. The number of carbonyl (C=O) groups excluding carboxylic acids is 3. The van der Waals surface area contributed by atoms with Crippen LogP contribution in [0.4, 0.5) is 5.69 Å². The molecule has 40 heavy (non-hydrogen) atoms. The van der Waals surface area contributed by atoms with Crippen molar-refractivity contribution in [3.8, 4) is 0 Å². The highest BCUT2D eigenvalue weighted by atomic mass is 35.5. The Morgan fingerprint density at radius 2 is 1.77 bits per heavy atom. The number of carbonyl (C=O) groups is 3. The number of ether oxygens (including phenoxy) is 1. The first-order chi connectivity index (χ1) is 19.2. The number of anilines is 1. The van der Waals surface area contributed by atoms with E-state index in [1.807, 2.05) is 36.1 Å². The van der Waals surface area contributed by atoms with Crippen LogP contribution in [0.2, 0.25) is 5.02 Å². The lowest BCUT2D eigenvalue weighted by Gasteiger charge is -2.40. The number of nitrogens with one attached hydrogen (secondary N) is 2. The minimum atomic E-state index is -1.13. The van der Waals surface area contributed by atoms with Crippen molar-refractivity contribution in [2.45, 2.75) is 108 Å². The van der Waals surface area contributed by atoms with Crippen LogP contribution in [0.5, 0.6) is 0 Å². The second-order valence-electron chi connectivity index (χ2n) is 12.9. The molecule has 5 aliphatic rings. The Hall–Kier alpha value is -2.38. The number of aryl methyl sites for hydroxylation is 1. The molecule has 2 saturated heterocycles. The zero-order valence-corrected chi connectivity index (χ0v) is 24.6. The van der Waals surface area contributed by atoms with Gasteiger partial charge in [-0.1, -0.05) is 82.2 Å². The fourth-order valence-electron chi connectivity index (χ4n) is 8.08. The Labute approximate surface area is 242 Å². The van der Waals surface area contributed by atoms with Crippen LogP contribution in [0.3, 0.4) is 0 Å². The molecule has 0 unspecified atom stereocenters. The molecule has 4 fully saturated rings. The molecule has 8 heteroatoms. The number of rotatable bonds is 5. The standard InChI is InChI=1S/C32H42ClN3O4/c1-18-9-8-12-24(20(18)3)35-30(38)28-32-16-15-25(40-32)26(29(37)34-21-14-13-19(2)23(33)17-21)27(32)31(39)36(28)22-10-6-4-5-7-11-22/h13-18,20,22,24-28H,4-12H2,1-3H3,(H,34,37)(H,35,38)/t18-,20-,24+,25-,26+,27-,28-,32-/m0/s1. The van der Waals surface area contributed by atoms with E-state index in [-0.39, 0.29) is 29.8 Å². The van der Waals surface area contributed by atoms with E-state index < -0.39 is 29.6 Å². The summed E-state index contributed by atoms with van der Waals surface area (Å²) < 4.78 is 6.57. The summed E-state index contributed by atoms with van der Waals surface area (Å²) >= 11 is 6.31. The highest BCUT2D eigenvalue weighted by Gasteiger charge is 2.73. The van der Waals surface area contributed by atoms with Crippen LogP contribution >= 0.6 is 11.6 Å². The lowest BCUT2D eigenvalue weighted by atomic mass is 9.73. The van der Waals surface area contributed by atoms with Crippen LogP contribution in [0.1, 0.15) is 77.2 Å². The van der Waals surface area contributed by atoms with E-state index in [2.05, 4.69) is 24.5 Å². The Morgan fingerprint density at radius 1 is 1.02 bits per heavy atom. The van der Waals surface area contributed by atoms with Crippen LogP contribution in [0.15, 0.2) is 30.4 Å². The van der Waals surface area contributed by atoms with Gasteiger partial charge in [0.1, 0.15) is 11.6 Å². The lowest BCUT2D eigenvalue weighted by Crippen LogP contribution is -2.59. The van der Waals surface area contributed by atoms with E-state index in [0.717, 1.165) is 56.9 Å². The molecule has 1 aromatic carbocycles. The maximum absolute atomic E-state index is 14.4. The van der Waals surface area contributed by atoms with Gasteiger partial charge in [0.2, 0.25) is 17.7 Å². The zero-order valence-electron chi connectivity index (χ0n) is 23.8. The van der Waals surface area contributed by atoms with Gasteiger partial charge in [0.15, 0.2) is 0 Å². The molecule has 0 radical (unpaired) electrons. The number of fused-ring (bicyclic) bond motifs is 1. The minimum Gasteiger partial charge on any atom is -0.359 e. The SMILES string of the molecule is Cc1ccc(NC(=O)[C@@H]2[C@@H]3C=C[C@]4(O3)[C@@H]2C(=O)N(C2CCCCCC2)[C@H]4C(=O)N[C@@H]2CCC[C@H](C)[C@@H]2C)cc1Cl. The van der Waals surface area contributed by atoms with E-state index in [0.29, 0.717) is 22.5 Å². The van der Waals surface area contributed by atoms with Crippen molar-refractivity contribution in [2.75, 3.05) is 5.32 Å². The van der Waals surface area contributed by atoms with E-state index >= 15 is 0 Å². The molecular weight excluding hydrogens is 526 g/mol. The molecule has 1 spiro atoms. The van der Waals surface area contributed by atoms with Crippen LogP contribution < -0.4 is 10.6 Å². The zero-order chi connectivity index (χ0) is 28.2. The van der Waals surface area contributed by atoms with Gasteiger partial charge in [0.25, 0.3) is 0 Å². The predicted molar refractivity (Wildman–Crippen MR) is 155 cm³/mol. The Balaban J connectivity index is 1.32. The number of likely N-dealkylation sites (tertiary alicyclic amines) is 1. The summed E-state index contributed by atoms with van der Waals surface area (Å²) in [6.45, 7) is 6.38. The third kappa shape index (κ3) is 4.57. The fraction of sp³-hybridized carbons (Fsp3) is 0.656. The van der Waals surface area contributed by atoms with Gasteiger partial charge in [-0.15, -0.1) is 0 Å². The molecule has 6 rings (SSSR count). The molecular formula is C32H42ClN3O4. The van der Waals surface area contributed by atoms with Crippen LogP contribution in [-0.4, -0.2) is 52.5 Å². The number of amides is 3. The summed E-state index contributed by atoms with van der Waals surface area (Å²) in [5, 5.41) is 6.92. The van der Waals surface area contributed by atoms with Gasteiger partial charge < -0.3 is 20.3 Å². The summed E-state index contributed by atoms with van der Waals surface area (Å²) in [5.74, 6) is -1.07. The minimum absolute atomic E-state index is 0.0240. The summed E-state index contributed by atoms with van der Waals surface area (Å²) in [6, 6.07) is 4.68. The topological polar surface area (TPSA) is 87.7 Å². The first kappa shape index (κ1) is 27.8. The average molecular weight is 568 g/mol. The molecule has 3 amide bonds. The van der Waals surface area contributed by atoms with Crippen LogP contribution in [0.25, 0.3) is 0 Å². The normalized spacial score (nSPS) is 37.4. The van der Waals surface area contributed by atoms with Crippen molar-refractivity contribution in [1.29, 1.82) is 0 Å². The Bertz CT molecular complexity index is 1210. The molecule has 7 nitrogen and oxygen atoms in total. The summed E-state index contributed by atoms with van der Waals surface area (Å²) in [6.07, 6.45) is 12.6. The Morgan fingerprint density at radius 3 is 2.50 bits per heavy atom. The molecule has 3 aliphatic heterocycles. The second kappa shape index (κ2) is 10.8. The summed E-state index contributed by atoms with van der Waals surface area (Å²) in [4.78, 5) is 44.3. The third-order valence-corrected chi connectivity index (χ3v) is 11.0. The quantitative estimate of drug-likeness (QED) is 0.368. The smallest absolute Gasteiger partial charge is 0.246 e. The molecule has 8 atom stereocenters. The first-order valence-corrected chi connectivity index (χ1v) is 15.7. The maximum Gasteiger partial charge on any atom is 0.246 e. The van der Waals surface area contributed by atoms with Crippen molar-refractivity contribution >= 4 is 35.0 Å². The van der Waals surface area contributed by atoms with Gasteiger partial charge in [0, 0.05) is 22.8 Å². The van der Waals surface area contributed by atoms with E-state index in [1.54, 1.807) is 6.07 Å². The highest BCUT2D eigenvalue weighted by molar-refractivity contribution is 6.31. The molecule has 1 aromatic rings. The fourth-order valence-corrected chi connectivity index (χ4v) is 8.26. The van der Waals surface area contributed by atoms with Gasteiger partial charge in [-0.05, 0) is 55.7 Å². The van der Waals surface area contributed by atoms with Crippen LogP contribution in [0, 0.1) is 30.6 Å². The molecule has 3 heterocycles. The lowest BCUT2D eigenvalue weighted by molar-refractivity contribution is -0.144. The maximum atomic E-state index is 14.4. The van der Waals surface area contributed by atoms with Crippen molar-refractivity contribution in [3.63, 3.8) is 0 Å². The Kier molecular flexibility index (Phi) is 7.49. The van der Waals surface area contributed by atoms with Crippen LogP contribution in [-0.2, 0) is 19.1 Å². The summed E-state index contributed by atoms with van der Waals surface area (Å²) in [7, 11) is 0. The number of nitrogens with zero attached hydrogens (tertiary/aromatic N) is 1. The molecule has 2 aliphatic carbocycles. The van der Waals surface area contributed by atoms with Crippen molar-refractivity contribution in [1.82, 2.24) is 10.2 Å². The number of halogens is 1. The van der Waals surface area contributed by atoms with E-state index in [4.69, 9.17) is 16.3 Å². The average Bonchev–Trinajstić information content (AvgIpc) is 3.47. The number of hydrogen-bond acceptors (Lipinski definition) is 4. The van der Waals surface area contributed by atoms with Crippen molar-refractivity contribution < 1.29 is 19.1 Å². The predicted octanol–water partition coefficient (Wildman–Crippen LogP) is 5.40. The molecule has 0 aromatic heterocycles. The van der Waals surface area contributed by atoms with Gasteiger partial charge in [-0.3, -0.25) is 14.4 Å². The molecule has 2 bridgehead atoms. The van der Waals surface area contributed by atoms with E-state index in [9.17, 15) is 14.4 Å². The van der Waals surface area contributed by atoms with Crippen molar-refractivity contribution in [3.05, 3.63) is 40.9 Å². The van der Waals surface area contributed by atoms with Gasteiger partial charge in [0.05, 0.1) is 17.9 Å². The first-order valence-electron chi connectivity index (χ1n) is 15.3. The second-order valence-corrected chi connectivity index (χ2v) is 13.3. The monoisotopic (exact) mass is 567 g/mol. The van der Waals surface area contributed by atoms with Gasteiger partial charge >= 0.3 is 0 Å². The van der Waals surface area contributed by atoms with Gasteiger partial charge in [-0.2, -0.15) is 0 Å². The molecule has 216 valence electrons. The third-order valence-electron chi connectivity index (χ3n) is 10.6.